The van der Waals surface area contributed by atoms with Crippen molar-refractivity contribution >= 4 is 17.8 Å². The number of benzene rings is 2. The van der Waals surface area contributed by atoms with E-state index < -0.39 is 5.97 Å². The summed E-state index contributed by atoms with van der Waals surface area (Å²) >= 11 is 0. The Morgan fingerprint density at radius 2 is 1.51 bits per heavy atom. The van der Waals surface area contributed by atoms with E-state index in [0.29, 0.717) is 30.7 Å². The summed E-state index contributed by atoms with van der Waals surface area (Å²) in [5.41, 5.74) is 2.18. The lowest BCUT2D eigenvalue weighted by atomic mass is 9.46. The Balaban J connectivity index is 1.21. The summed E-state index contributed by atoms with van der Waals surface area (Å²) in [5, 5.41) is 12.8. The number of aliphatic carboxylic acids is 1. The van der Waals surface area contributed by atoms with Crippen LogP contribution in [0.4, 0.5) is 0 Å². The Bertz CT molecular complexity index is 1240. The van der Waals surface area contributed by atoms with Crippen molar-refractivity contribution in [2.24, 2.45) is 34.5 Å². The molecular formula is C35H44N2O4. The zero-order valence-corrected chi connectivity index (χ0v) is 24.4. The van der Waals surface area contributed by atoms with E-state index in [1.807, 2.05) is 41.3 Å². The molecular weight excluding hydrogens is 512 g/mol. The predicted molar refractivity (Wildman–Crippen MR) is 158 cm³/mol. The lowest BCUT2D eigenvalue weighted by molar-refractivity contribution is -0.164. The number of hydrogen-bond acceptors (Lipinski definition) is 3. The van der Waals surface area contributed by atoms with Gasteiger partial charge < -0.3 is 15.3 Å². The molecule has 1 aliphatic heterocycles. The number of carbonyl (C=O) groups is 3. The number of piperidine rings is 1. The van der Waals surface area contributed by atoms with E-state index in [1.165, 1.54) is 0 Å². The van der Waals surface area contributed by atoms with Gasteiger partial charge in [0.25, 0.3) is 0 Å². The molecule has 0 bridgehead atoms. The van der Waals surface area contributed by atoms with Crippen LogP contribution in [0.15, 0.2) is 60.7 Å². The molecule has 3 aliphatic carbocycles. The molecule has 4 aliphatic rings. The third-order valence-corrected chi connectivity index (χ3v) is 11.8. The third-order valence-electron chi connectivity index (χ3n) is 11.8. The molecule has 2 N–H and O–H groups in total. The Kier molecular flexibility index (Phi) is 7.46. The molecule has 6 nitrogen and oxygen atoms in total. The average Bonchev–Trinajstić information content (AvgIpc) is 3.34. The summed E-state index contributed by atoms with van der Waals surface area (Å²) in [6, 6.07) is 20.5. The predicted octanol–water partition coefficient (Wildman–Crippen LogP) is 6.22. The number of nitrogens with zero attached hydrogens (tertiary/aromatic N) is 1. The summed E-state index contributed by atoms with van der Waals surface area (Å²) in [5.74, 6) is 1.03. The van der Waals surface area contributed by atoms with Crippen LogP contribution in [0.3, 0.4) is 0 Å². The minimum absolute atomic E-state index is 0.00565. The van der Waals surface area contributed by atoms with Gasteiger partial charge in [-0.25, -0.2) is 0 Å². The smallest absolute Gasteiger partial charge is 0.305 e. The van der Waals surface area contributed by atoms with Crippen LogP contribution in [0.1, 0.15) is 88.8 Å². The standard InChI is InChI=1S/C35H44N2O4/c1-34-20-17-27-25(13-16-29-35(27,2)21-18-30(38)37(29)22-19-31(39)40)26(34)14-15-28(34)33(41)36-32(23-9-5-3-6-10-23)24-11-7-4-8-12-24/h3-12,25-29,32H,13-22H2,1-2H3,(H,36,41)(H,39,40)/t25-,26-,27+,28?,29?,34-,35+/m0/s1. The second-order valence-electron chi connectivity index (χ2n) is 13.6. The maximum atomic E-state index is 14.1. The first-order valence-electron chi connectivity index (χ1n) is 15.6. The van der Waals surface area contributed by atoms with Gasteiger partial charge in [-0.1, -0.05) is 74.5 Å². The third kappa shape index (κ3) is 4.87. The van der Waals surface area contributed by atoms with Gasteiger partial charge in [-0.3, -0.25) is 14.4 Å². The Hall–Kier alpha value is -3.15. The zero-order valence-electron chi connectivity index (χ0n) is 24.4. The van der Waals surface area contributed by atoms with Gasteiger partial charge in [0.1, 0.15) is 0 Å². The molecule has 2 aromatic rings. The molecule has 2 unspecified atom stereocenters. The Morgan fingerprint density at radius 3 is 2.15 bits per heavy atom. The number of carboxylic acid groups (broad SMARTS) is 1. The van der Waals surface area contributed by atoms with Gasteiger partial charge in [-0.05, 0) is 84.7 Å². The fraction of sp³-hybridized carbons (Fsp3) is 0.571. The highest BCUT2D eigenvalue weighted by atomic mass is 16.4. The van der Waals surface area contributed by atoms with Crippen LogP contribution < -0.4 is 5.32 Å². The van der Waals surface area contributed by atoms with E-state index in [2.05, 4.69) is 43.4 Å². The second-order valence-corrected chi connectivity index (χ2v) is 13.6. The van der Waals surface area contributed by atoms with Crippen molar-refractivity contribution in [2.45, 2.75) is 83.7 Å². The van der Waals surface area contributed by atoms with Crippen LogP contribution in [0.2, 0.25) is 0 Å². The summed E-state index contributed by atoms with van der Waals surface area (Å²) in [6.07, 6.45) is 7.54. The summed E-state index contributed by atoms with van der Waals surface area (Å²) in [6.45, 7) is 5.07. The fourth-order valence-electron chi connectivity index (χ4n) is 9.81. The molecule has 6 heteroatoms. The summed E-state index contributed by atoms with van der Waals surface area (Å²) in [4.78, 5) is 40.3. The van der Waals surface area contributed by atoms with Crippen molar-refractivity contribution in [1.82, 2.24) is 10.2 Å². The van der Waals surface area contributed by atoms with Gasteiger partial charge in [0.15, 0.2) is 0 Å². The van der Waals surface area contributed by atoms with Crippen molar-refractivity contribution in [3.8, 4) is 0 Å². The maximum absolute atomic E-state index is 14.1. The van der Waals surface area contributed by atoms with Gasteiger partial charge in [-0.2, -0.15) is 0 Å². The van der Waals surface area contributed by atoms with Crippen LogP contribution >= 0.6 is 0 Å². The van der Waals surface area contributed by atoms with Gasteiger partial charge in [-0.15, -0.1) is 0 Å². The quantitative estimate of drug-likeness (QED) is 0.424. The molecule has 1 saturated heterocycles. The summed E-state index contributed by atoms with van der Waals surface area (Å²) in [7, 11) is 0. The highest BCUT2D eigenvalue weighted by Crippen LogP contribution is 2.66. The van der Waals surface area contributed by atoms with Gasteiger partial charge in [0, 0.05) is 24.9 Å². The molecule has 0 spiro atoms. The SMILES string of the molecule is C[C@]12CCC(=O)N(CCC(=O)O)C1CC[C@@H]1[C@H]2CC[C@]2(C)C(C(=O)NC(c3ccccc3)c3ccccc3)CC[C@@H]12. The Morgan fingerprint density at radius 1 is 0.878 bits per heavy atom. The van der Waals surface area contributed by atoms with Crippen molar-refractivity contribution in [2.75, 3.05) is 6.54 Å². The number of nitrogens with one attached hydrogen (secondary N) is 1. The van der Waals surface area contributed by atoms with Gasteiger partial charge in [0.2, 0.25) is 11.8 Å². The minimum atomic E-state index is -0.843. The zero-order chi connectivity index (χ0) is 28.8. The van der Waals surface area contributed by atoms with E-state index in [0.717, 1.165) is 56.1 Å². The number of hydrogen-bond donors (Lipinski definition) is 2. The number of rotatable bonds is 7. The normalized spacial score (nSPS) is 34.5. The molecule has 6 rings (SSSR count). The van der Waals surface area contributed by atoms with Crippen molar-refractivity contribution < 1.29 is 19.5 Å². The first-order valence-corrected chi connectivity index (χ1v) is 15.6. The van der Waals surface area contributed by atoms with E-state index in [-0.39, 0.29) is 47.1 Å². The average molecular weight is 557 g/mol. The number of likely N-dealkylation sites (tertiary alicyclic amines) is 1. The lowest BCUT2D eigenvalue weighted by Gasteiger charge is -2.62. The van der Waals surface area contributed by atoms with E-state index in [4.69, 9.17) is 0 Å². The van der Waals surface area contributed by atoms with Crippen molar-refractivity contribution in [1.29, 1.82) is 0 Å². The molecule has 1 heterocycles. The molecule has 218 valence electrons. The second kappa shape index (κ2) is 10.9. The number of carbonyl (C=O) groups excluding carboxylic acids is 2. The monoisotopic (exact) mass is 556 g/mol. The minimum Gasteiger partial charge on any atom is -0.481 e. The van der Waals surface area contributed by atoms with Gasteiger partial charge >= 0.3 is 5.97 Å². The molecule has 4 fully saturated rings. The topological polar surface area (TPSA) is 86.7 Å². The van der Waals surface area contributed by atoms with Crippen LogP contribution in [-0.2, 0) is 14.4 Å². The molecule has 2 amide bonds. The molecule has 2 aromatic carbocycles. The molecule has 0 aromatic heterocycles. The largest absolute Gasteiger partial charge is 0.481 e. The fourth-order valence-corrected chi connectivity index (χ4v) is 9.81. The highest BCUT2D eigenvalue weighted by Gasteiger charge is 2.62. The van der Waals surface area contributed by atoms with Gasteiger partial charge in [0.05, 0.1) is 12.5 Å². The highest BCUT2D eigenvalue weighted by molar-refractivity contribution is 5.81. The van der Waals surface area contributed by atoms with Crippen molar-refractivity contribution in [3.05, 3.63) is 71.8 Å². The van der Waals surface area contributed by atoms with E-state index in [1.54, 1.807) is 0 Å². The van der Waals surface area contributed by atoms with Crippen LogP contribution in [0.5, 0.6) is 0 Å². The lowest BCUT2D eigenvalue weighted by Crippen LogP contribution is -2.62. The molecule has 7 atom stereocenters. The van der Waals surface area contributed by atoms with Crippen LogP contribution in [0.25, 0.3) is 0 Å². The van der Waals surface area contributed by atoms with Crippen LogP contribution in [-0.4, -0.2) is 40.4 Å². The number of fused-ring (bicyclic) bond motifs is 5. The van der Waals surface area contributed by atoms with E-state index >= 15 is 0 Å². The Labute approximate surface area is 243 Å². The maximum Gasteiger partial charge on any atom is 0.305 e. The van der Waals surface area contributed by atoms with Crippen molar-refractivity contribution in [3.63, 3.8) is 0 Å². The first kappa shape index (κ1) is 28.0. The summed E-state index contributed by atoms with van der Waals surface area (Å²) < 4.78 is 0. The molecule has 41 heavy (non-hydrogen) atoms. The molecule has 3 saturated carbocycles. The number of amides is 2. The van der Waals surface area contributed by atoms with Crippen LogP contribution in [0, 0.1) is 34.5 Å². The molecule has 0 radical (unpaired) electrons. The van der Waals surface area contributed by atoms with E-state index in [9.17, 15) is 19.5 Å². The number of carboxylic acids is 1. The first-order chi connectivity index (χ1) is 19.7.